The van der Waals surface area contributed by atoms with Gasteiger partial charge in [-0.15, -0.1) is 0 Å². The van der Waals surface area contributed by atoms with Gasteiger partial charge in [0.2, 0.25) is 0 Å². The smallest absolute Gasteiger partial charge is 0.251 e. The van der Waals surface area contributed by atoms with E-state index in [4.69, 9.17) is 5.11 Å². The van der Waals surface area contributed by atoms with Crippen molar-refractivity contribution in [2.24, 2.45) is 0 Å². The highest BCUT2D eigenvalue weighted by Gasteiger charge is 2.03. The molecule has 2 N–H and O–H groups in total. The maximum atomic E-state index is 11.5. The van der Waals surface area contributed by atoms with Gasteiger partial charge in [-0.3, -0.25) is 4.79 Å². The van der Waals surface area contributed by atoms with Gasteiger partial charge >= 0.3 is 0 Å². The van der Waals surface area contributed by atoms with Gasteiger partial charge in [0, 0.05) is 23.1 Å². The predicted octanol–water partition coefficient (Wildman–Crippen LogP) is 1.73. The van der Waals surface area contributed by atoms with E-state index < -0.39 is 0 Å². The van der Waals surface area contributed by atoms with Crippen LogP contribution >= 0.6 is 22.6 Å². The van der Waals surface area contributed by atoms with Crippen LogP contribution in [0.1, 0.15) is 22.3 Å². The minimum absolute atomic E-state index is 0.0801. The van der Waals surface area contributed by atoms with Crippen LogP contribution in [0.5, 0.6) is 0 Å². The molecule has 1 amide bonds. The van der Waals surface area contributed by atoms with Crippen molar-refractivity contribution in [3.63, 3.8) is 0 Å². The summed E-state index contributed by atoms with van der Waals surface area (Å²) >= 11 is 2.28. The highest BCUT2D eigenvalue weighted by Crippen LogP contribution is 2.07. The van der Waals surface area contributed by atoms with Crippen LogP contribution in [0.2, 0.25) is 0 Å². The molecule has 0 saturated heterocycles. The first kappa shape index (κ1) is 12.4. The fraction of sp³-hybridized carbons (Fsp3) is 0.364. The number of nitrogens with one attached hydrogen (secondary N) is 1. The zero-order valence-corrected chi connectivity index (χ0v) is 10.5. The lowest BCUT2D eigenvalue weighted by Gasteiger charge is -2.04. The Balaban J connectivity index is 2.50. The third kappa shape index (κ3) is 4.17. The first-order valence-corrected chi connectivity index (χ1v) is 6.34. The Kier molecular flexibility index (Phi) is 5.63. The summed E-state index contributed by atoms with van der Waals surface area (Å²) in [6.07, 6.45) is 0.595. The van der Waals surface area contributed by atoms with E-state index in [0.717, 1.165) is 4.43 Å². The Morgan fingerprint density at radius 3 is 2.53 bits per heavy atom. The molecule has 15 heavy (non-hydrogen) atoms. The van der Waals surface area contributed by atoms with E-state index in [0.29, 0.717) is 18.5 Å². The summed E-state index contributed by atoms with van der Waals surface area (Å²) < 4.78 is 0.949. The Morgan fingerprint density at radius 1 is 1.33 bits per heavy atom. The first-order chi connectivity index (χ1) is 7.27. The summed E-state index contributed by atoms with van der Waals surface area (Å²) in [7, 11) is 0. The molecule has 0 radical (unpaired) electrons. The van der Waals surface area contributed by atoms with Gasteiger partial charge in [-0.2, -0.15) is 0 Å². The van der Waals surface area contributed by atoms with Crippen molar-refractivity contribution in [3.8, 4) is 0 Å². The number of benzene rings is 1. The molecule has 1 aromatic rings. The van der Waals surface area contributed by atoms with E-state index in [9.17, 15) is 4.79 Å². The molecule has 82 valence electrons. The molecule has 1 rings (SSSR count). The number of alkyl halides is 1. The molecule has 0 bridgehead atoms. The van der Waals surface area contributed by atoms with Crippen LogP contribution in [0, 0.1) is 0 Å². The molecule has 0 aliphatic carbocycles. The summed E-state index contributed by atoms with van der Waals surface area (Å²) in [5.41, 5.74) is 1.88. The third-order valence-corrected chi connectivity index (χ3v) is 2.87. The van der Waals surface area contributed by atoms with Crippen LogP contribution < -0.4 is 5.32 Å². The molecule has 0 aliphatic rings. The summed E-state index contributed by atoms with van der Waals surface area (Å²) in [6, 6.07) is 7.55. The molecule has 0 atom stereocenters. The fourth-order valence-electron chi connectivity index (χ4n) is 1.13. The maximum absolute atomic E-state index is 11.5. The number of carbonyl (C=O) groups excluding carboxylic acids is 1. The van der Waals surface area contributed by atoms with Gasteiger partial charge in [-0.1, -0.05) is 34.7 Å². The van der Waals surface area contributed by atoms with Crippen molar-refractivity contribution in [1.29, 1.82) is 0 Å². The van der Waals surface area contributed by atoms with Crippen LogP contribution in [0.4, 0.5) is 0 Å². The topological polar surface area (TPSA) is 49.3 Å². The summed E-state index contributed by atoms with van der Waals surface area (Å²) in [6.45, 7) is 0.622. The van der Waals surface area contributed by atoms with Crippen molar-refractivity contribution in [1.82, 2.24) is 5.32 Å². The second-order valence-corrected chi connectivity index (χ2v) is 3.93. The molecule has 1 aromatic carbocycles. The van der Waals surface area contributed by atoms with Gasteiger partial charge in [0.05, 0.1) is 0 Å². The number of hydrogen-bond donors (Lipinski definition) is 2. The summed E-state index contributed by atoms with van der Waals surface area (Å²) in [5, 5.41) is 11.3. The minimum Gasteiger partial charge on any atom is -0.396 e. The van der Waals surface area contributed by atoms with Crippen LogP contribution in [0.15, 0.2) is 24.3 Å². The molecule has 0 aromatic heterocycles. The highest BCUT2D eigenvalue weighted by atomic mass is 127. The molecule has 0 spiro atoms. The van der Waals surface area contributed by atoms with Crippen molar-refractivity contribution in [2.45, 2.75) is 10.8 Å². The summed E-state index contributed by atoms with van der Waals surface area (Å²) in [4.78, 5) is 11.5. The van der Waals surface area contributed by atoms with E-state index in [-0.39, 0.29) is 12.5 Å². The van der Waals surface area contributed by atoms with Gasteiger partial charge in [-0.05, 0) is 24.1 Å². The zero-order valence-electron chi connectivity index (χ0n) is 8.37. The number of rotatable bonds is 5. The first-order valence-electron chi connectivity index (χ1n) is 4.82. The lowest BCUT2D eigenvalue weighted by Crippen LogP contribution is -2.24. The lowest BCUT2D eigenvalue weighted by molar-refractivity contribution is 0.0951. The van der Waals surface area contributed by atoms with Gasteiger partial charge < -0.3 is 10.4 Å². The Labute approximate surface area is 103 Å². The van der Waals surface area contributed by atoms with E-state index in [1.165, 1.54) is 5.56 Å². The summed E-state index contributed by atoms with van der Waals surface area (Å²) in [5.74, 6) is -0.0801. The van der Waals surface area contributed by atoms with Crippen LogP contribution in [0.25, 0.3) is 0 Å². The molecule has 0 saturated carbocycles. The minimum atomic E-state index is -0.0801. The van der Waals surface area contributed by atoms with E-state index in [1.807, 2.05) is 24.3 Å². The average molecular weight is 319 g/mol. The molecule has 0 aliphatic heterocycles. The quantitative estimate of drug-likeness (QED) is 0.493. The number of halogens is 1. The van der Waals surface area contributed by atoms with E-state index in [1.54, 1.807) is 0 Å². The molecule has 0 fully saturated rings. The standard InChI is InChI=1S/C11H14INO2/c12-8-9-2-4-10(5-3-9)11(15)13-6-1-7-14/h2-5,14H,1,6-8H2,(H,13,15). The molecular formula is C11H14INO2. The second kappa shape index (κ2) is 6.79. The normalized spacial score (nSPS) is 10.0. The number of carbonyl (C=O) groups is 1. The van der Waals surface area contributed by atoms with Gasteiger partial charge in [-0.25, -0.2) is 0 Å². The molecule has 4 heteroatoms. The maximum Gasteiger partial charge on any atom is 0.251 e. The van der Waals surface area contributed by atoms with Gasteiger partial charge in [0.15, 0.2) is 0 Å². The largest absolute Gasteiger partial charge is 0.396 e. The Hall–Kier alpha value is -0.620. The number of aliphatic hydroxyl groups excluding tert-OH is 1. The van der Waals surface area contributed by atoms with Crippen molar-refractivity contribution in [2.75, 3.05) is 13.2 Å². The molecule has 0 unspecified atom stereocenters. The Morgan fingerprint density at radius 2 is 2.00 bits per heavy atom. The second-order valence-electron chi connectivity index (χ2n) is 3.16. The van der Waals surface area contributed by atoms with E-state index in [2.05, 4.69) is 27.9 Å². The van der Waals surface area contributed by atoms with Gasteiger partial charge in [0.25, 0.3) is 5.91 Å². The monoisotopic (exact) mass is 319 g/mol. The van der Waals surface area contributed by atoms with Crippen LogP contribution in [-0.2, 0) is 4.43 Å². The Bertz CT molecular complexity index is 311. The van der Waals surface area contributed by atoms with Crippen LogP contribution in [-0.4, -0.2) is 24.2 Å². The number of aliphatic hydroxyl groups is 1. The van der Waals surface area contributed by atoms with Crippen molar-refractivity contribution in [3.05, 3.63) is 35.4 Å². The van der Waals surface area contributed by atoms with E-state index >= 15 is 0 Å². The molecule has 0 heterocycles. The fourth-order valence-corrected chi connectivity index (χ4v) is 1.64. The SMILES string of the molecule is O=C(NCCCO)c1ccc(CI)cc1. The number of hydrogen-bond acceptors (Lipinski definition) is 2. The number of amides is 1. The highest BCUT2D eigenvalue weighted by molar-refractivity contribution is 14.1. The van der Waals surface area contributed by atoms with Crippen LogP contribution in [0.3, 0.4) is 0 Å². The molecule has 3 nitrogen and oxygen atoms in total. The average Bonchev–Trinajstić information content (AvgIpc) is 2.29. The lowest BCUT2D eigenvalue weighted by atomic mass is 10.1. The predicted molar refractivity (Wildman–Crippen MR) is 68.2 cm³/mol. The molecular weight excluding hydrogens is 305 g/mol. The van der Waals surface area contributed by atoms with Crippen molar-refractivity contribution < 1.29 is 9.90 Å². The van der Waals surface area contributed by atoms with Gasteiger partial charge in [0.1, 0.15) is 0 Å². The third-order valence-electron chi connectivity index (χ3n) is 1.99. The zero-order chi connectivity index (χ0) is 11.1. The van der Waals surface area contributed by atoms with Crippen molar-refractivity contribution >= 4 is 28.5 Å².